The SMILES string of the molecule is COc1ccc(Cl)cc1CN(C)c1ncnc2c1CCNCC2.Cl.Cl. The number of rotatable bonds is 4. The standard InChI is InChI=1S/C17H21ClN4O.2ClH/c1-22(10-12-9-13(18)3-4-16(12)23-2)17-14-5-7-19-8-6-15(14)20-11-21-17;;/h3-4,9,11,19H,5-8,10H2,1-2H3;2*1H. The summed E-state index contributed by atoms with van der Waals surface area (Å²) in [5.41, 5.74) is 3.42. The van der Waals surface area contributed by atoms with Gasteiger partial charge in [0.2, 0.25) is 0 Å². The average Bonchev–Trinajstić information content (AvgIpc) is 2.80. The van der Waals surface area contributed by atoms with Crippen molar-refractivity contribution in [2.45, 2.75) is 19.4 Å². The number of anilines is 1. The van der Waals surface area contributed by atoms with Crippen molar-refractivity contribution in [2.75, 3.05) is 32.1 Å². The van der Waals surface area contributed by atoms with E-state index in [4.69, 9.17) is 16.3 Å². The topological polar surface area (TPSA) is 50.3 Å². The van der Waals surface area contributed by atoms with Gasteiger partial charge >= 0.3 is 0 Å². The van der Waals surface area contributed by atoms with E-state index >= 15 is 0 Å². The molecular formula is C17H23Cl3N4O. The summed E-state index contributed by atoms with van der Waals surface area (Å²) >= 11 is 6.13. The van der Waals surface area contributed by atoms with Crippen LogP contribution in [0.2, 0.25) is 5.02 Å². The van der Waals surface area contributed by atoms with Crippen LogP contribution < -0.4 is 15.0 Å². The maximum Gasteiger partial charge on any atom is 0.135 e. The first kappa shape index (κ1) is 21.8. The van der Waals surface area contributed by atoms with Crippen LogP contribution in [-0.4, -0.2) is 37.2 Å². The molecule has 0 saturated carbocycles. The number of hydrogen-bond donors (Lipinski definition) is 1. The summed E-state index contributed by atoms with van der Waals surface area (Å²) < 4.78 is 5.44. The van der Waals surface area contributed by atoms with E-state index in [1.807, 2.05) is 25.2 Å². The number of ether oxygens (including phenoxy) is 1. The van der Waals surface area contributed by atoms with Crippen molar-refractivity contribution in [1.82, 2.24) is 15.3 Å². The van der Waals surface area contributed by atoms with Crippen molar-refractivity contribution < 1.29 is 4.74 Å². The Morgan fingerprint density at radius 3 is 2.72 bits per heavy atom. The smallest absolute Gasteiger partial charge is 0.135 e. The van der Waals surface area contributed by atoms with Gasteiger partial charge in [-0.3, -0.25) is 0 Å². The van der Waals surface area contributed by atoms with E-state index in [2.05, 4.69) is 20.2 Å². The molecule has 1 aliphatic heterocycles. The van der Waals surface area contributed by atoms with Gasteiger partial charge in [-0.2, -0.15) is 0 Å². The van der Waals surface area contributed by atoms with Gasteiger partial charge in [0.25, 0.3) is 0 Å². The summed E-state index contributed by atoms with van der Waals surface area (Å²) in [4.78, 5) is 11.1. The summed E-state index contributed by atoms with van der Waals surface area (Å²) in [5, 5.41) is 4.12. The minimum Gasteiger partial charge on any atom is -0.496 e. The Kier molecular flexibility index (Phi) is 8.73. The predicted octanol–water partition coefficient (Wildman–Crippen LogP) is 3.31. The van der Waals surface area contributed by atoms with Crippen LogP contribution in [-0.2, 0) is 19.4 Å². The third-order valence-corrected chi connectivity index (χ3v) is 4.35. The van der Waals surface area contributed by atoms with E-state index in [9.17, 15) is 0 Å². The second-order valence-electron chi connectivity index (χ2n) is 5.68. The van der Waals surface area contributed by atoms with Gasteiger partial charge in [0.05, 0.1) is 12.8 Å². The van der Waals surface area contributed by atoms with Gasteiger partial charge < -0.3 is 15.0 Å². The molecule has 1 aromatic heterocycles. The Hall–Kier alpha value is -1.27. The molecule has 3 rings (SSSR count). The van der Waals surface area contributed by atoms with Gasteiger partial charge in [0.1, 0.15) is 17.9 Å². The van der Waals surface area contributed by atoms with Crippen LogP contribution in [0.1, 0.15) is 16.8 Å². The molecule has 1 N–H and O–H groups in total. The highest BCUT2D eigenvalue weighted by atomic mass is 35.5. The molecule has 138 valence electrons. The number of benzene rings is 1. The Labute approximate surface area is 166 Å². The van der Waals surface area contributed by atoms with Crippen LogP contribution in [0.4, 0.5) is 5.82 Å². The van der Waals surface area contributed by atoms with Gasteiger partial charge in [-0.25, -0.2) is 9.97 Å². The van der Waals surface area contributed by atoms with Crippen LogP contribution in [0.5, 0.6) is 5.75 Å². The van der Waals surface area contributed by atoms with Gasteiger partial charge in [0, 0.05) is 42.7 Å². The van der Waals surface area contributed by atoms with Gasteiger partial charge in [-0.15, -0.1) is 24.8 Å². The fraction of sp³-hybridized carbons (Fsp3) is 0.412. The molecule has 2 heterocycles. The molecule has 0 saturated heterocycles. The first-order chi connectivity index (χ1) is 11.2. The number of hydrogen-bond acceptors (Lipinski definition) is 5. The van der Waals surface area contributed by atoms with Crippen LogP contribution in [0.15, 0.2) is 24.5 Å². The Bertz CT molecular complexity index is 700. The van der Waals surface area contributed by atoms with E-state index in [1.165, 1.54) is 5.56 Å². The largest absolute Gasteiger partial charge is 0.496 e. The number of halogens is 3. The minimum atomic E-state index is 0. The van der Waals surface area contributed by atoms with Crippen molar-refractivity contribution >= 4 is 42.2 Å². The van der Waals surface area contributed by atoms with Gasteiger partial charge in [0.15, 0.2) is 0 Å². The van der Waals surface area contributed by atoms with Crippen molar-refractivity contribution in [1.29, 1.82) is 0 Å². The first-order valence-electron chi connectivity index (χ1n) is 7.76. The Balaban J connectivity index is 0.00000156. The molecule has 2 aromatic rings. The van der Waals surface area contributed by atoms with E-state index in [1.54, 1.807) is 13.4 Å². The van der Waals surface area contributed by atoms with Crippen molar-refractivity contribution in [3.63, 3.8) is 0 Å². The average molecular weight is 406 g/mol. The van der Waals surface area contributed by atoms with Crippen LogP contribution in [0.25, 0.3) is 0 Å². The fourth-order valence-corrected chi connectivity index (χ4v) is 3.18. The molecule has 0 radical (unpaired) electrons. The molecule has 8 heteroatoms. The highest BCUT2D eigenvalue weighted by Crippen LogP contribution is 2.27. The lowest BCUT2D eigenvalue weighted by Gasteiger charge is -2.23. The Morgan fingerprint density at radius 2 is 1.96 bits per heavy atom. The molecular weight excluding hydrogens is 383 g/mol. The molecule has 0 atom stereocenters. The van der Waals surface area contributed by atoms with E-state index in [0.717, 1.165) is 48.8 Å². The highest BCUT2D eigenvalue weighted by Gasteiger charge is 2.18. The molecule has 0 spiro atoms. The summed E-state index contributed by atoms with van der Waals surface area (Å²) in [5.74, 6) is 1.82. The molecule has 1 aliphatic rings. The summed E-state index contributed by atoms with van der Waals surface area (Å²) in [7, 11) is 3.72. The van der Waals surface area contributed by atoms with Crippen molar-refractivity contribution in [3.8, 4) is 5.75 Å². The maximum atomic E-state index is 6.13. The van der Waals surface area contributed by atoms with Crippen LogP contribution in [0.3, 0.4) is 0 Å². The highest BCUT2D eigenvalue weighted by molar-refractivity contribution is 6.30. The predicted molar refractivity (Wildman–Crippen MR) is 107 cm³/mol. The molecule has 0 unspecified atom stereocenters. The van der Waals surface area contributed by atoms with E-state index in [-0.39, 0.29) is 24.8 Å². The fourth-order valence-electron chi connectivity index (χ4n) is 2.98. The van der Waals surface area contributed by atoms with Crippen molar-refractivity contribution in [3.05, 3.63) is 46.4 Å². The lowest BCUT2D eigenvalue weighted by molar-refractivity contribution is 0.409. The molecule has 1 aromatic carbocycles. The van der Waals surface area contributed by atoms with Crippen molar-refractivity contribution in [2.24, 2.45) is 0 Å². The van der Waals surface area contributed by atoms with Crippen LogP contribution in [0, 0.1) is 0 Å². The third-order valence-electron chi connectivity index (χ3n) is 4.11. The zero-order valence-corrected chi connectivity index (χ0v) is 16.7. The molecule has 5 nitrogen and oxygen atoms in total. The number of nitrogens with one attached hydrogen (secondary N) is 1. The number of nitrogens with zero attached hydrogens (tertiary/aromatic N) is 3. The van der Waals surface area contributed by atoms with Gasteiger partial charge in [-0.05, 0) is 31.2 Å². The third kappa shape index (κ3) is 5.11. The molecule has 0 bridgehead atoms. The minimum absolute atomic E-state index is 0. The first-order valence-corrected chi connectivity index (χ1v) is 8.14. The Morgan fingerprint density at radius 1 is 1.20 bits per heavy atom. The van der Waals surface area contributed by atoms with Crippen LogP contribution >= 0.6 is 36.4 Å². The number of fused-ring (bicyclic) bond motifs is 1. The summed E-state index contributed by atoms with van der Waals surface area (Å²) in [6, 6.07) is 5.68. The molecule has 0 fully saturated rings. The molecule has 25 heavy (non-hydrogen) atoms. The van der Waals surface area contributed by atoms with E-state index < -0.39 is 0 Å². The lowest BCUT2D eigenvalue weighted by atomic mass is 10.1. The lowest BCUT2D eigenvalue weighted by Crippen LogP contribution is -2.21. The van der Waals surface area contributed by atoms with Gasteiger partial charge in [-0.1, -0.05) is 11.6 Å². The molecule has 0 amide bonds. The molecule has 0 aliphatic carbocycles. The van der Waals surface area contributed by atoms with E-state index in [0.29, 0.717) is 11.6 Å². The summed E-state index contributed by atoms with van der Waals surface area (Å²) in [6.45, 7) is 2.61. The second kappa shape index (κ2) is 10.0. The number of aromatic nitrogens is 2. The second-order valence-corrected chi connectivity index (χ2v) is 6.12. The monoisotopic (exact) mass is 404 g/mol. The normalized spacial score (nSPS) is 12.9. The maximum absolute atomic E-state index is 6.13. The summed E-state index contributed by atoms with van der Waals surface area (Å²) in [6.07, 6.45) is 3.55. The number of methoxy groups -OCH3 is 1. The zero-order chi connectivity index (χ0) is 16.2. The quantitative estimate of drug-likeness (QED) is 0.846. The zero-order valence-electron chi connectivity index (χ0n) is 14.3.